The Morgan fingerprint density at radius 2 is 2.05 bits per heavy atom. The van der Waals surface area contributed by atoms with Gasteiger partial charge in [-0.2, -0.15) is 0 Å². The summed E-state index contributed by atoms with van der Waals surface area (Å²) in [4.78, 5) is 16.0. The molecule has 1 aromatic carbocycles. The molecule has 0 radical (unpaired) electrons. The number of hydrogen-bond donors (Lipinski definition) is 0. The predicted octanol–water partition coefficient (Wildman–Crippen LogP) is 1.59. The third-order valence-electron chi connectivity index (χ3n) is 3.60. The average Bonchev–Trinajstić information content (AvgIpc) is 2.48. The molecule has 5 heteroatoms. The van der Waals surface area contributed by atoms with E-state index in [2.05, 4.69) is 11.9 Å². The van der Waals surface area contributed by atoms with Crippen LogP contribution in [0.5, 0.6) is 0 Å². The zero-order chi connectivity index (χ0) is 14.4. The van der Waals surface area contributed by atoms with Crippen molar-refractivity contribution in [3.05, 3.63) is 35.9 Å². The Kier molecular flexibility index (Phi) is 5.38. The van der Waals surface area contributed by atoms with Gasteiger partial charge in [-0.05, 0) is 12.6 Å². The molecule has 1 aliphatic heterocycles. The first-order valence-electron chi connectivity index (χ1n) is 6.85. The number of carbonyl (C=O) groups is 1. The molecular weight excluding hydrogens is 256 g/mol. The van der Waals surface area contributed by atoms with Crippen LogP contribution in [-0.4, -0.2) is 62.3 Å². The van der Waals surface area contributed by atoms with Crippen molar-refractivity contribution < 1.29 is 14.3 Å². The summed E-state index contributed by atoms with van der Waals surface area (Å²) in [6.07, 6.45) is -0.247. The molecule has 0 aromatic heterocycles. The minimum Gasteiger partial charge on any atom is -0.445 e. The van der Waals surface area contributed by atoms with Gasteiger partial charge in [-0.1, -0.05) is 30.3 Å². The number of amides is 1. The maximum Gasteiger partial charge on any atom is 0.410 e. The van der Waals surface area contributed by atoms with E-state index in [0.29, 0.717) is 26.3 Å². The molecule has 0 bridgehead atoms. The molecule has 1 fully saturated rings. The molecule has 0 unspecified atom stereocenters. The maximum absolute atomic E-state index is 12.1. The highest BCUT2D eigenvalue weighted by atomic mass is 16.6. The quantitative estimate of drug-likeness (QED) is 0.838. The van der Waals surface area contributed by atoms with E-state index in [1.807, 2.05) is 30.3 Å². The lowest BCUT2D eigenvalue weighted by atomic mass is 10.2. The minimum absolute atomic E-state index is 0.234. The van der Waals surface area contributed by atoms with Gasteiger partial charge in [-0.15, -0.1) is 0 Å². The lowest BCUT2D eigenvalue weighted by Crippen LogP contribution is -2.54. The summed E-state index contributed by atoms with van der Waals surface area (Å²) >= 11 is 0. The maximum atomic E-state index is 12.1. The lowest BCUT2D eigenvalue weighted by Gasteiger charge is -2.38. The number of nitrogens with zero attached hydrogens (tertiary/aromatic N) is 2. The number of benzene rings is 1. The molecular formula is C15H22N2O3. The average molecular weight is 278 g/mol. The third-order valence-corrected chi connectivity index (χ3v) is 3.60. The van der Waals surface area contributed by atoms with Crippen LogP contribution < -0.4 is 0 Å². The fraction of sp³-hybridized carbons (Fsp3) is 0.533. The molecule has 1 saturated heterocycles. The van der Waals surface area contributed by atoms with Crippen LogP contribution >= 0.6 is 0 Å². The van der Waals surface area contributed by atoms with Crippen LogP contribution in [0.4, 0.5) is 4.79 Å². The van der Waals surface area contributed by atoms with Crippen LogP contribution in [0.25, 0.3) is 0 Å². The molecule has 1 aromatic rings. The largest absolute Gasteiger partial charge is 0.445 e. The van der Waals surface area contributed by atoms with Gasteiger partial charge in [-0.3, -0.25) is 4.90 Å². The van der Waals surface area contributed by atoms with Crippen LogP contribution in [0.3, 0.4) is 0 Å². The number of rotatable bonds is 4. The van der Waals surface area contributed by atoms with Crippen molar-refractivity contribution in [2.75, 3.05) is 40.4 Å². The van der Waals surface area contributed by atoms with Gasteiger partial charge in [0.2, 0.25) is 0 Å². The normalized spacial score (nSPS) is 19.9. The first-order chi connectivity index (χ1) is 9.70. The van der Waals surface area contributed by atoms with E-state index >= 15 is 0 Å². The summed E-state index contributed by atoms with van der Waals surface area (Å²) in [6, 6.07) is 9.95. The zero-order valence-electron chi connectivity index (χ0n) is 12.1. The topological polar surface area (TPSA) is 42.0 Å². The Labute approximate surface area is 120 Å². The van der Waals surface area contributed by atoms with Crippen molar-refractivity contribution in [1.82, 2.24) is 9.80 Å². The molecule has 0 aliphatic carbocycles. The van der Waals surface area contributed by atoms with Crippen molar-refractivity contribution in [3.8, 4) is 0 Å². The van der Waals surface area contributed by atoms with Gasteiger partial charge in [-0.25, -0.2) is 4.79 Å². The van der Waals surface area contributed by atoms with E-state index in [4.69, 9.17) is 9.47 Å². The summed E-state index contributed by atoms with van der Waals surface area (Å²) in [6.45, 7) is 3.14. The second-order valence-electron chi connectivity index (χ2n) is 5.08. The first kappa shape index (κ1) is 14.8. The first-order valence-corrected chi connectivity index (χ1v) is 6.85. The Hall–Kier alpha value is -1.59. The highest BCUT2D eigenvalue weighted by Crippen LogP contribution is 2.10. The highest BCUT2D eigenvalue weighted by Gasteiger charge is 2.27. The van der Waals surface area contributed by atoms with Crippen LogP contribution in [0.15, 0.2) is 30.3 Å². The highest BCUT2D eigenvalue weighted by molar-refractivity contribution is 5.67. The monoisotopic (exact) mass is 278 g/mol. The van der Waals surface area contributed by atoms with Gasteiger partial charge < -0.3 is 14.4 Å². The van der Waals surface area contributed by atoms with Crippen molar-refractivity contribution >= 4 is 6.09 Å². The minimum atomic E-state index is -0.247. The summed E-state index contributed by atoms with van der Waals surface area (Å²) in [7, 11) is 3.73. The van der Waals surface area contributed by atoms with Gasteiger partial charge in [0, 0.05) is 26.7 Å². The fourth-order valence-electron chi connectivity index (χ4n) is 2.29. The summed E-state index contributed by atoms with van der Waals surface area (Å²) in [5, 5.41) is 0. The molecule has 1 heterocycles. The number of piperazine rings is 1. The second-order valence-corrected chi connectivity index (χ2v) is 5.08. The van der Waals surface area contributed by atoms with E-state index in [1.54, 1.807) is 12.0 Å². The molecule has 1 amide bonds. The van der Waals surface area contributed by atoms with Crippen molar-refractivity contribution in [2.45, 2.75) is 12.6 Å². The summed E-state index contributed by atoms with van der Waals surface area (Å²) in [5.74, 6) is 0. The van der Waals surface area contributed by atoms with Gasteiger partial charge >= 0.3 is 6.09 Å². The van der Waals surface area contributed by atoms with E-state index < -0.39 is 0 Å². The van der Waals surface area contributed by atoms with Gasteiger partial charge in [0.1, 0.15) is 6.61 Å². The Morgan fingerprint density at radius 1 is 1.30 bits per heavy atom. The van der Waals surface area contributed by atoms with E-state index in [-0.39, 0.29) is 12.1 Å². The molecule has 1 atom stereocenters. The molecule has 2 rings (SSSR count). The Morgan fingerprint density at radius 3 is 2.75 bits per heavy atom. The molecule has 1 aliphatic rings. The van der Waals surface area contributed by atoms with Crippen molar-refractivity contribution in [2.24, 2.45) is 0 Å². The molecule has 0 spiro atoms. The molecule has 0 N–H and O–H groups in total. The standard InChI is InChI=1S/C15H22N2O3/c1-16-8-9-17(10-14(16)12-19-2)15(18)20-11-13-6-4-3-5-7-13/h3-7,14H,8-12H2,1-2H3/t14-/m1/s1. The van der Waals surface area contributed by atoms with E-state index in [0.717, 1.165) is 12.1 Å². The molecule has 5 nitrogen and oxygen atoms in total. The SMILES string of the molecule is COC[C@H]1CN(C(=O)OCc2ccccc2)CCN1C. The zero-order valence-corrected chi connectivity index (χ0v) is 12.1. The molecule has 0 saturated carbocycles. The van der Waals surface area contributed by atoms with Gasteiger partial charge in [0.15, 0.2) is 0 Å². The lowest BCUT2D eigenvalue weighted by molar-refractivity contribution is 0.0287. The molecule has 110 valence electrons. The second kappa shape index (κ2) is 7.26. The van der Waals surface area contributed by atoms with E-state index in [1.165, 1.54) is 0 Å². The Balaban J connectivity index is 1.83. The van der Waals surface area contributed by atoms with Gasteiger partial charge in [0.05, 0.1) is 12.6 Å². The van der Waals surface area contributed by atoms with Crippen LogP contribution in [0.2, 0.25) is 0 Å². The summed E-state index contributed by atoms with van der Waals surface area (Å²) in [5.41, 5.74) is 1.00. The van der Waals surface area contributed by atoms with Crippen molar-refractivity contribution in [1.29, 1.82) is 0 Å². The number of methoxy groups -OCH3 is 1. The number of ether oxygens (including phenoxy) is 2. The third kappa shape index (κ3) is 3.95. The van der Waals surface area contributed by atoms with Crippen molar-refractivity contribution in [3.63, 3.8) is 0 Å². The van der Waals surface area contributed by atoms with Crippen LogP contribution in [0.1, 0.15) is 5.56 Å². The van der Waals surface area contributed by atoms with E-state index in [9.17, 15) is 4.79 Å². The number of hydrogen-bond acceptors (Lipinski definition) is 4. The smallest absolute Gasteiger partial charge is 0.410 e. The number of likely N-dealkylation sites (N-methyl/N-ethyl adjacent to an activating group) is 1. The predicted molar refractivity (Wildman–Crippen MR) is 76.5 cm³/mol. The van der Waals surface area contributed by atoms with Gasteiger partial charge in [0.25, 0.3) is 0 Å². The fourth-order valence-corrected chi connectivity index (χ4v) is 2.29. The number of carbonyl (C=O) groups excluding carboxylic acids is 1. The molecule has 20 heavy (non-hydrogen) atoms. The van der Waals surface area contributed by atoms with Crippen LogP contribution in [0, 0.1) is 0 Å². The van der Waals surface area contributed by atoms with Crippen LogP contribution in [-0.2, 0) is 16.1 Å². The summed E-state index contributed by atoms with van der Waals surface area (Å²) < 4.78 is 10.5. The Bertz CT molecular complexity index is 424.